The summed E-state index contributed by atoms with van der Waals surface area (Å²) in [6.07, 6.45) is 0. The van der Waals surface area contributed by atoms with Gasteiger partial charge in [0.1, 0.15) is 11.3 Å². The van der Waals surface area contributed by atoms with Gasteiger partial charge in [-0.3, -0.25) is 9.59 Å². The van der Waals surface area contributed by atoms with Crippen LogP contribution >= 0.6 is 0 Å². The molecule has 1 atom stereocenters. The van der Waals surface area contributed by atoms with Gasteiger partial charge < -0.3 is 28.6 Å². The van der Waals surface area contributed by atoms with E-state index in [2.05, 4.69) is 0 Å². The molecule has 1 unspecified atom stereocenters. The molecule has 3 heterocycles. The maximum atomic E-state index is 13.7. The van der Waals surface area contributed by atoms with Crippen molar-refractivity contribution in [1.29, 1.82) is 0 Å². The number of aliphatic hydroxyl groups is 1. The smallest absolute Gasteiger partial charge is 0.290 e. The van der Waals surface area contributed by atoms with Gasteiger partial charge >= 0.3 is 0 Å². The van der Waals surface area contributed by atoms with E-state index in [4.69, 9.17) is 18.6 Å². The van der Waals surface area contributed by atoms with Gasteiger partial charge in [-0.25, -0.2) is 0 Å². The number of hydrogen-bond acceptors (Lipinski definition) is 7. The molecule has 3 aromatic carbocycles. The first-order chi connectivity index (χ1) is 17.5. The van der Waals surface area contributed by atoms with Crippen molar-refractivity contribution in [2.75, 3.05) is 13.9 Å². The minimum Gasteiger partial charge on any atom is -0.503 e. The second-order valence-electron chi connectivity index (χ2n) is 8.54. The van der Waals surface area contributed by atoms with Crippen molar-refractivity contribution in [3.8, 4) is 17.2 Å². The molecule has 180 valence electrons. The Bertz CT molecular complexity index is 1500. The number of fused-ring (bicyclic) bond motifs is 2. The molecule has 4 aromatic rings. The van der Waals surface area contributed by atoms with Crippen LogP contribution in [0, 0.1) is 0 Å². The largest absolute Gasteiger partial charge is 0.503 e. The number of methoxy groups -OCH3 is 1. The van der Waals surface area contributed by atoms with Gasteiger partial charge in [0.05, 0.1) is 18.7 Å². The summed E-state index contributed by atoms with van der Waals surface area (Å²) in [6.45, 7) is 0.265. The first kappa shape index (κ1) is 21.8. The third-order valence-electron chi connectivity index (χ3n) is 6.42. The van der Waals surface area contributed by atoms with E-state index in [-0.39, 0.29) is 24.7 Å². The molecule has 1 N–H and O–H groups in total. The average Bonchev–Trinajstić information content (AvgIpc) is 3.61. The number of furan rings is 1. The fourth-order valence-electron chi connectivity index (χ4n) is 4.64. The number of ether oxygens (including phenoxy) is 3. The summed E-state index contributed by atoms with van der Waals surface area (Å²) < 4.78 is 21.9. The normalized spacial score (nSPS) is 16.8. The van der Waals surface area contributed by atoms with E-state index in [1.807, 2.05) is 24.3 Å². The zero-order valence-electron chi connectivity index (χ0n) is 19.3. The maximum absolute atomic E-state index is 13.7. The lowest BCUT2D eigenvalue weighted by atomic mass is 9.94. The zero-order chi connectivity index (χ0) is 24.8. The third kappa shape index (κ3) is 3.54. The van der Waals surface area contributed by atoms with E-state index >= 15 is 0 Å². The van der Waals surface area contributed by atoms with Crippen molar-refractivity contribution in [2.45, 2.75) is 12.6 Å². The number of aliphatic hydroxyl groups excluding tert-OH is 1. The molecule has 0 saturated heterocycles. The highest BCUT2D eigenvalue weighted by atomic mass is 16.7. The summed E-state index contributed by atoms with van der Waals surface area (Å²) in [5.41, 5.74) is 1.91. The van der Waals surface area contributed by atoms with Crippen LogP contribution in [0.3, 0.4) is 0 Å². The van der Waals surface area contributed by atoms with E-state index in [1.54, 1.807) is 55.6 Å². The van der Waals surface area contributed by atoms with Crippen molar-refractivity contribution >= 4 is 22.7 Å². The van der Waals surface area contributed by atoms with Crippen LogP contribution in [0.2, 0.25) is 0 Å². The molecule has 2 aliphatic heterocycles. The Hall–Kier alpha value is -4.72. The number of benzene rings is 3. The van der Waals surface area contributed by atoms with E-state index in [0.717, 1.165) is 10.9 Å². The highest BCUT2D eigenvalue weighted by molar-refractivity contribution is 6.16. The molecule has 1 amide bonds. The van der Waals surface area contributed by atoms with Gasteiger partial charge in [0.2, 0.25) is 12.6 Å². The van der Waals surface area contributed by atoms with Crippen LogP contribution in [0.4, 0.5) is 0 Å². The summed E-state index contributed by atoms with van der Waals surface area (Å²) in [4.78, 5) is 28.5. The number of rotatable bonds is 6. The molecule has 0 bridgehead atoms. The molecule has 36 heavy (non-hydrogen) atoms. The van der Waals surface area contributed by atoms with E-state index in [9.17, 15) is 14.7 Å². The Morgan fingerprint density at radius 2 is 1.81 bits per heavy atom. The number of Topliss-reactive ketones (excluding diaryl/α,β-unsaturated/α-hetero) is 1. The number of carbonyl (C=O) groups is 2. The zero-order valence-corrected chi connectivity index (χ0v) is 19.3. The molecule has 8 nitrogen and oxygen atoms in total. The minimum absolute atomic E-state index is 0.0371. The van der Waals surface area contributed by atoms with Crippen LogP contribution in [0.15, 0.2) is 88.5 Å². The first-order valence-corrected chi connectivity index (χ1v) is 11.3. The summed E-state index contributed by atoms with van der Waals surface area (Å²) in [6, 6.07) is 20.4. The number of nitrogens with zero attached hydrogens (tertiary/aromatic N) is 1. The molecule has 0 radical (unpaired) electrons. The van der Waals surface area contributed by atoms with Crippen LogP contribution in [-0.4, -0.2) is 35.6 Å². The van der Waals surface area contributed by atoms with Gasteiger partial charge in [-0.15, -0.1) is 0 Å². The molecule has 0 saturated carbocycles. The van der Waals surface area contributed by atoms with Crippen LogP contribution in [0.1, 0.15) is 27.7 Å². The predicted molar refractivity (Wildman–Crippen MR) is 129 cm³/mol. The summed E-state index contributed by atoms with van der Waals surface area (Å²) in [5, 5.41) is 11.7. The Kier molecular flexibility index (Phi) is 5.14. The number of carbonyl (C=O) groups excluding carboxylic acids is 2. The molecular weight excluding hydrogens is 462 g/mol. The van der Waals surface area contributed by atoms with E-state index in [1.165, 1.54) is 4.90 Å². The molecule has 8 heteroatoms. The number of para-hydroxylation sites is 1. The van der Waals surface area contributed by atoms with Crippen molar-refractivity contribution in [1.82, 2.24) is 4.90 Å². The van der Waals surface area contributed by atoms with Gasteiger partial charge in [-0.1, -0.05) is 36.4 Å². The fourth-order valence-corrected chi connectivity index (χ4v) is 4.64. The van der Waals surface area contributed by atoms with Crippen LogP contribution in [0.5, 0.6) is 17.2 Å². The van der Waals surface area contributed by atoms with Crippen molar-refractivity contribution in [2.24, 2.45) is 0 Å². The molecule has 2 aliphatic rings. The fraction of sp³-hybridized carbons (Fsp3) is 0.143. The van der Waals surface area contributed by atoms with Crippen LogP contribution in [0.25, 0.3) is 11.0 Å². The highest BCUT2D eigenvalue weighted by Crippen LogP contribution is 2.42. The molecule has 6 rings (SSSR count). The maximum Gasteiger partial charge on any atom is 0.290 e. The first-order valence-electron chi connectivity index (χ1n) is 11.3. The Labute approximate surface area is 205 Å². The van der Waals surface area contributed by atoms with Gasteiger partial charge in [0.15, 0.2) is 23.0 Å². The second kappa shape index (κ2) is 8.49. The molecule has 0 fully saturated rings. The van der Waals surface area contributed by atoms with Crippen LogP contribution < -0.4 is 14.2 Å². The molecule has 1 aromatic heterocycles. The number of ketones is 1. The Balaban J connectivity index is 1.42. The Morgan fingerprint density at radius 3 is 2.58 bits per heavy atom. The average molecular weight is 483 g/mol. The molecule has 0 aliphatic carbocycles. The summed E-state index contributed by atoms with van der Waals surface area (Å²) in [7, 11) is 1.56. The SMILES string of the molecule is COc1ccc(C2C(C(=O)c3cc4ccccc4o3)=C(O)C(=O)N2Cc2ccc3c(c2)OCO3)cc1. The lowest BCUT2D eigenvalue weighted by molar-refractivity contribution is -0.130. The monoisotopic (exact) mass is 483 g/mol. The van der Waals surface area contributed by atoms with E-state index < -0.39 is 23.5 Å². The molecular formula is C28H21NO7. The van der Waals surface area contributed by atoms with Gasteiger partial charge in [-0.2, -0.15) is 0 Å². The quantitative estimate of drug-likeness (QED) is 0.388. The topological polar surface area (TPSA) is 98.4 Å². The van der Waals surface area contributed by atoms with Crippen molar-refractivity contribution in [3.63, 3.8) is 0 Å². The van der Waals surface area contributed by atoms with Gasteiger partial charge in [0.25, 0.3) is 5.91 Å². The van der Waals surface area contributed by atoms with Crippen molar-refractivity contribution < 1.29 is 33.3 Å². The Morgan fingerprint density at radius 1 is 1.03 bits per heavy atom. The summed E-state index contributed by atoms with van der Waals surface area (Å²) >= 11 is 0. The lowest BCUT2D eigenvalue weighted by Crippen LogP contribution is -2.30. The molecule has 0 spiro atoms. The van der Waals surface area contributed by atoms with Crippen LogP contribution in [-0.2, 0) is 11.3 Å². The predicted octanol–water partition coefficient (Wildman–Crippen LogP) is 4.95. The second-order valence-corrected chi connectivity index (χ2v) is 8.54. The summed E-state index contributed by atoms with van der Waals surface area (Å²) in [5.74, 6) is 0.0922. The standard InChI is InChI=1S/C28H21NO7/c1-33-19-9-7-17(8-10-19)25-24(26(30)23-13-18-4-2-3-5-20(18)36-23)27(31)28(32)29(25)14-16-6-11-21-22(12-16)35-15-34-21/h2-13,25,31H,14-15H2,1H3. The highest BCUT2D eigenvalue weighted by Gasteiger charge is 2.44. The van der Waals surface area contributed by atoms with Gasteiger partial charge in [0, 0.05) is 11.9 Å². The third-order valence-corrected chi connectivity index (χ3v) is 6.42. The number of hydrogen-bond donors (Lipinski definition) is 1. The minimum atomic E-state index is -0.838. The number of amides is 1. The lowest BCUT2D eigenvalue weighted by Gasteiger charge is -2.27. The van der Waals surface area contributed by atoms with Gasteiger partial charge in [-0.05, 0) is 47.5 Å². The van der Waals surface area contributed by atoms with E-state index in [0.29, 0.717) is 28.4 Å². The van der Waals surface area contributed by atoms with Crippen molar-refractivity contribution in [3.05, 3.63) is 101 Å².